The Balaban J connectivity index is 2.37. The Morgan fingerprint density at radius 1 is 1.05 bits per heavy atom. The molecule has 1 rings (SSSR count). The third-order valence-electron chi connectivity index (χ3n) is 3.88. The minimum atomic E-state index is 1.03. The fourth-order valence-electron chi connectivity index (χ4n) is 2.61. The molecule has 0 unspecified atom stereocenters. The molecule has 110 valence electrons. The number of aromatic nitrogens is 2. The Morgan fingerprint density at radius 2 is 1.74 bits per heavy atom. The first-order valence-corrected chi connectivity index (χ1v) is 7.88. The molecule has 1 heterocycles. The molecule has 0 aliphatic rings. The van der Waals surface area contributed by atoms with Gasteiger partial charge in [-0.25, -0.2) is 0 Å². The van der Waals surface area contributed by atoms with Gasteiger partial charge in [0, 0.05) is 12.2 Å². The molecular formula is C16H31N3. The van der Waals surface area contributed by atoms with Gasteiger partial charge in [0.15, 0.2) is 0 Å². The van der Waals surface area contributed by atoms with Crippen molar-refractivity contribution in [1.29, 1.82) is 0 Å². The van der Waals surface area contributed by atoms with Crippen LogP contribution in [-0.4, -0.2) is 23.4 Å². The first-order chi connectivity index (χ1) is 9.20. The van der Waals surface area contributed by atoms with E-state index in [1.807, 2.05) is 7.05 Å². The maximum atomic E-state index is 4.69. The van der Waals surface area contributed by atoms with Crippen molar-refractivity contribution in [1.82, 2.24) is 15.1 Å². The average Bonchev–Trinajstić information content (AvgIpc) is 2.67. The molecule has 0 spiro atoms. The van der Waals surface area contributed by atoms with Crippen molar-refractivity contribution in [3.05, 3.63) is 17.0 Å². The molecule has 0 fully saturated rings. The average molecular weight is 265 g/mol. The normalized spacial score (nSPS) is 11.2. The highest BCUT2D eigenvalue weighted by Crippen LogP contribution is 2.15. The smallest absolute Gasteiger partial charge is 0.0628 e. The number of nitrogens with one attached hydrogen (secondary N) is 1. The molecular weight excluding hydrogens is 234 g/mol. The van der Waals surface area contributed by atoms with Gasteiger partial charge in [-0.1, -0.05) is 39.0 Å². The third kappa shape index (κ3) is 5.35. The quantitative estimate of drug-likeness (QED) is 0.655. The van der Waals surface area contributed by atoms with E-state index in [0.29, 0.717) is 0 Å². The fraction of sp³-hybridized carbons (Fsp3) is 0.812. The lowest BCUT2D eigenvalue weighted by atomic mass is 10.1. The topological polar surface area (TPSA) is 29.9 Å². The van der Waals surface area contributed by atoms with Gasteiger partial charge in [0.05, 0.1) is 5.69 Å². The van der Waals surface area contributed by atoms with Crippen molar-refractivity contribution in [3.8, 4) is 0 Å². The van der Waals surface area contributed by atoms with E-state index in [0.717, 1.165) is 19.5 Å². The number of nitrogens with zero attached hydrogens (tertiary/aromatic N) is 2. The summed E-state index contributed by atoms with van der Waals surface area (Å²) in [6, 6.07) is 0. The molecule has 1 aromatic rings. The van der Waals surface area contributed by atoms with Crippen molar-refractivity contribution in [2.75, 3.05) is 13.6 Å². The van der Waals surface area contributed by atoms with Gasteiger partial charge in [-0.3, -0.25) is 4.68 Å². The van der Waals surface area contributed by atoms with Gasteiger partial charge in [0.25, 0.3) is 0 Å². The largest absolute Gasteiger partial charge is 0.319 e. The number of rotatable bonds is 10. The minimum Gasteiger partial charge on any atom is -0.319 e. The SMILES string of the molecule is CCCCCCCCn1nc(C)c(CCNC)c1C. The van der Waals surface area contributed by atoms with Crippen molar-refractivity contribution < 1.29 is 0 Å². The van der Waals surface area contributed by atoms with E-state index < -0.39 is 0 Å². The molecule has 1 aromatic heterocycles. The Morgan fingerprint density at radius 3 is 2.42 bits per heavy atom. The number of unbranched alkanes of at least 4 members (excludes halogenated alkanes) is 5. The van der Waals surface area contributed by atoms with E-state index in [-0.39, 0.29) is 0 Å². The molecule has 0 amide bonds. The molecule has 0 saturated carbocycles. The second kappa shape index (κ2) is 9.13. The summed E-state index contributed by atoms with van der Waals surface area (Å²) in [4.78, 5) is 0. The van der Waals surface area contributed by atoms with Gasteiger partial charge in [0.2, 0.25) is 0 Å². The van der Waals surface area contributed by atoms with Crippen molar-refractivity contribution in [2.45, 2.75) is 72.3 Å². The maximum absolute atomic E-state index is 4.69. The lowest BCUT2D eigenvalue weighted by molar-refractivity contribution is 0.517. The lowest BCUT2D eigenvalue weighted by Gasteiger charge is -2.06. The van der Waals surface area contributed by atoms with Crippen LogP contribution in [0.1, 0.15) is 62.4 Å². The summed E-state index contributed by atoms with van der Waals surface area (Å²) >= 11 is 0. The monoisotopic (exact) mass is 265 g/mol. The summed E-state index contributed by atoms with van der Waals surface area (Å²) in [5.41, 5.74) is 4.00. The molecule has 0 aromatic carbocycles. The first kappa shape index (κ1) is 16.2. The molecule has 0 aliphatic heterocycles. The molecule has 3 nitrogen and oxygen atoms in total. The van der Waals surface area contributed by atoms with Gasteiger partial charge in [-0.2, -0.15) is 5.10 Å². The Kier molecular flexibility index (Phi) is 7.80. The van der Waals surface area contributed by atoms with Crippen LogP contribution in [0.2, 0.25) is 0 Å². The van der Waals surface area contributed by atoms with E-state index in [2.05, 4.69) is 35.9 Å². The first-order valence-electron chi connectivity index (χ1n) is 7.88. The van der Waals surface area contributed by atoms with Crippen LogP contribution in [0.15, 0.2) is 0 Å². The van der Waals surface area contributed by atoms with E-state index in [1.165, 1.54) is 55.5 Å². The molecule has 1 N–H and O–H groups in total. The lowest BCUT2D eigenvalue weighted by Crippen LogP contribution is -2.11. The van der Waals surface area contributed by atoms with Crippen molar-refractivity contribution >= 4 is 0 Å². The fourth-order valence-corrected chi connectivity index (χ4v) is 2.61. The predicted octanol–water partition coefficient (Wildman–Crippen LogP) is 3.62. The van der Waals surface area contributed by atoms with Crippen LogP contribution < -0.4 is 5.32 Å². The number of aryl methyl sites for hydroxylation is 2. The van der Waals surface area contributed by atoms with Crippen LogP contribution in [-0.2, 0) is 13.0 Å². The highest BCUT2D eigenvalue weighted by Gasteiger charge is 2.10. The zero-order chi connectivity index (χ0) is 14.1. The molecule has 3 heteroatoms. The van der Waals surface area contributed by atoms with E-state index in [9.17, 15) is 0 Å². The molecule has 0 saturated heterocycles. The van der Waals surface area contributed by atoms with Crippen LogP contribution in [0.4, 0.5) is 0 Å². The third-order valence-corrected chi connectivity index (χ3v) is 3.88. The highest BCUT2D eigenvalue weighted by molar-refractivity contribution is 5.24. The summed E-state index contributed by atoms with van der Waals surface area (Å²) < 4.78 is 2.21. The molecule has 19 heavy (non-hydrogen) atoms. The molecule has 0 atom stereocenters. The Labute approximate surface area is 118 Å². The van der Waals surface area contributed by atoms with E-state index in [1.54, 1.807) is 0 Å². The van der Waals surface area contributed by atoms with Gasteiger partial charge in [0.1, 0.15) is 0 Å². The minimum absolute atomic E-state index is 1.03. The van der Waals surface area contributed by atoms with Crippen molar-refractivity contribution in [2.24, 2.45) is 0 Å². The number of likely N-dealkylation sites (N-methyl/N-ethyl adjacent to an activating group) is 1. The van der Waals surface area contributed by atoms with E-state index >= 15 is 0 Å². The maximum Gasteiger partial charge on any atom is 0.0628 e. The zero-order valence-corrected chi connectivity index (χ0v) is 13.3. The summed E-state index contributed by atoms with van der Waals surface area (Å²) in [6.45, 7) is 8.73. The summed E-state index contributed by atoms with van der Waals surface area (Å²) in [5.74, 6) is 0. The van der Waals surface area contributed by atoms with Crippen LogP contribution >= 0.6 is 0 Å². The van der Waals surface area contributed by atoms with Crippen LogP contribution in [0, 0.1) is 13.8 Å². The second-order valence-corrected chi connectivity index (χ2v) is 5.49. The van der Waals surface area contributed by atoms with E-state index in [4.69, 9.17) is 0 Å². The summed E-state index contributed by atoms with van der Waals surface area (Å²) in [6.07, 6.45) is 9.16. The Bertz CT molecular complexity index is 355. The summed E-state index contributed by atoms with van der Waals surface area (Å²) in [5, 5.41) is 7.90. The molecule has 0 bridgehead atoms. The van der Waals surface area contributed by atoms with Crippen molar-refractivity contribution in [3.63, 3.8) is 0 Å². The van der Waals surface area contributed by atoms with Gasteiger partial charge < -0.3 is 5.32 Å². The van der Waals surface area contributed by atoms with Gasteiger partial charge in [-0.15, -0.1) is 0 Å². The van der Waals surface area contributed by atoms with Gasteiger partial charge >= 0.3 is 0 Å². The zero-order valence-electron chi connectivity index (χ0n) is 13.3. The number of hydrogen-bond acceptors (Lipinski definition) is 2. The molecule has 0 radical (unpaired) electrons. The van der Waals surface area contributed by atoms with Gasteiger partial charge in [-0.05, 0) is 45.8 Å². The van der Waals surface area contributed by atoms with Crippen LogP contribution in [0.3, 0.4) is 0 Å². The standard InChI is InChI=1S/C16H31N3/c1-5-6-7-8-9-10-13-19-15(3)16(11-12-17-4)14(2)18-19/h17H,5-13H2,1-4H3. The second-order valence-electron chi connectivity index (χ2n) is 5.49. The summed E-state index contributed by atoms with van der Waals surface area (Å²) in [7, 11) is 2.01. The number of hydrogen-bond donors (Lipinski definition) is 1. The van der Waals surface area contributed by atoms with Crippen LogP contribution in [0.5, 0.6) is 0 Å². The predicted molar refractivity (Wildman–Crippen MR) is 82.7 cm³/mol. The Hall–Kier alpha value is -0.830. The highest BCUT2D eigenvalue weighted by atomic mass is 15.3. The molecule has 0 aliphatic carbocycles. The van der Waals surface area contributed by atoms with Crippen LogP contribution in [0.25, 0.3) is 0 Å².